The maximum atomic E-state index is 12.5. The fourth-order valence-electron chi connectivity index (χ4n) is 2.92. The number of pyridine rings is 1. The van der Waals surface area contributed by atoms with Gasteiger partial charge in [-0.25, -0.2) is 0 Å². The second-order valence-electron chi connectivity index (χ2n) is 6.53. The molecule has 1 N–H and O–H groups in total. The number of carbonyl (C=O) groups is 3. The Bertz CT molecular complexity index is 917. The van der Waals surface area contributed by atoms with Gasteiger partial charge in [-0.15, -0.1) is 0 Å². The summed E-state index contributed by atoms with van der Waals surface area (Å²) in [7, 11) is 0. The molecule has 1 saturated carbocycles. The van der Waals surface area contributed by atoms with Crippen LogP contribution in [0.5, 0.6) is 0 Å². The molecule has 1 aliphatic carbocycles. The first-order valence-electron chi connectivity index (χ1n) is 8.51. The number of hydrogen-bond donors (Lipinski definition) is 1. The van der Waals surface area contributed by atoms with Crippen LogP contribution in [-0.2, 0) is 4.79 Å². The zero-order valence-electron chi connectivity index (χ0n) is 14.0. The van der Waals surface area contributed by atoms with Crippen LogP contribution in [-0.4, -0.2) is 34.2 Å². The van der Waals surface area contributed by atoms with Gasteiger partial charge in [0.05, 0.1) is 11.1 Å². The fourth-order valence-corrected chi connectivity index (χ4v) is 2.92. The monoisotopic (exact) mass is 347 g/mol. The second kappa shape index (κ2) is 6.55. The molecule has 0 saturated heterocycles. The molecule has 0 bridgehead atoms. The molecule has 1 aliphatic heterocycles. The number of benzene rings is 1. The lowest BCUT2D eigenvalue weighted by Crippen LogP contribution is -2.31. The third-order valence-electron chi connectivity index (χ3n) is 4.51. The minimum Gasteiger partial charge on any atom is -0.322 e. The van der Waals surface area contributed by atoms with Crippen LogP contribution in [0.25, 0.3) is 6.08 Å². The highest BCUT2D eigenvalue weighted by atomic mass is 16.2. The number of nitrogens with one attached hydrogen (secondary N) is 1. The van der Waals surface area contributed by atoms with Crippen LogP contribution in [0, 0.1) is 5.92 Å². The number of nitrogens with zero attached hydrogens (tertiary/aromatic N) is 2. The Kier molecular flexibility index (Phi) is 4.08. The number of rotatable bonds is 5. The van der Waals surface area contributed by atoms with Gasteiger partial charge in [0.15, 0.2) is 0 Å². The summed E-state index contributed by atoms with van der Waals surface area (Å²) in [6.45, 7) is 0.489. The summed E-state index contributed by atoms with van der Waals surface area (Å²) in [6, 6.07) is 8.39. The second-order valence-corrected chi connectivity index (χ2v) is 6.53. The van der Waals surface area contributed by atoms with Crippen molar-refractivity contribution in [1.29, 1.82) is 0 Å². The van der Waals surface area contributed by atoms with Crippen molar-refractivity contribution in [3.8, 4) is 0 Å². The molecule has 0 radical (unpaired) electrons. The van der Waals surface area contributed by atoms with E-state index in [-0.39, 0.29) is 17.7 Å². The number of anilines is 1. The summed E-state index contributed by atoms with van der Waals surface area (Å²) in [6.07, 6.45) is 8.52. The van der Waals surface area contributed by atoms with Gasteiger partial charge in [0.25, 0.3) is 11.8 Å². The lowest BCUT2D eigenvalue weighted by Gasteiger charge is -2.12. The van der Waals surface area contributed by atoms with Crippen molar-refractivity contribution in [1.82, 2.24) is 9.88 Å². The topological polar surface area (TPSA) is 79.4 Å². The van der Waals surface area contributed by atoms with E-state index in [1.54, 1.807) is 48.8 Å². The van der Waals surface area contributed by atoms with Crippen LogP contribution in [0.15, 0.2) is 48.8 Å². The highest BCUT2D eigenvalue weighted by Gasteiger charge is 2.38. The molecular formula is C20H17N3O3. The van der Waals surface area contributed by atoms with Crippen LogP contribution in [0.2, 0.25) is 0 Å². The van der Waals surface area contributed by atoms with E-state index >= 15 is 0 Å². The molecule has 2 heterocycles. The highest BCUT2D eigenvalue weighted by Crippen LogP contribution is 2.33. The molecule has 1 aromatic carbocycles. The van der Waals surface area contributed by atoms with Crippen molar-refractivity contribution < 1.29 is 14.4 Å². The first-order chi connectivity index (χ1) is 12.6. The first-order valence-corrected chi connectivity index (χ1v) is 8.51. The zero-order valence-corrected chi connectivity index (χ0v) is 14.0. The molecule has 2 aromatic rings. The number of hydrogen-bond acceptors (Lipinski definition) is 4. The minimum absolute atomic E-state index is 0.243. The molecule has 1 fully saturated rings. The van der Waals surface area contributed by atoms with Crippen molar-refractivity contribution in [3.63, 3.8) is 0 Å². The summed E-state index contributed by atoms with van der Waals surface area (Å²) in [5.41, 5.74) is 2.11. The van der Waals surface area contributed by atoms with E-state index in [1.807, 2.05) is 0 Å². The van der Waals surface area contributed by atoms with Crippen LogP contribution in [0.1, 0.15) is 39.1 Å². The molecular weight excluding hydrogens is 330 g/mol. The largest absolute Gasteiger partial charge is 0.322 e. The Hall–Kier alpha value is -3.28. The molecule has 6 nitrogen and oxygen atoms in total. The van der Waals surface area contributed by atoms with Gasteiger partial charge < -0.3 is 5.32 Å². The van der Waals surface area contributed by atoms with Gasteiger partial charge in [-0.3, -0.25) is 24.3 Å². The summed E-state index contributed by atoms with van der Waals surface area (Å²) < 4.78 is 0. The normalized spacial score (nSPS) is 16.2. The lowest BCUT2D eigenvalue weighted by atomic mass is 10.1. The summed E-state index contributed by atoms with van der Waals surface area (Å²) >= 11 is 0. The van der Waals surface area contributed by atoms with Gasteiger partial charge in [0.2, 0.25) is 5.91 Å². The molecule has 4 rings (SSSR count). The van der Waals surface area contributed by atoms with Crippen LogP contribution in [0.3, 0.4) is 0 Å². The van der Waals surface area contributed by atoms with E-state index in [4.69, 9.17) is 0 Å². The van der Waals surface area contributed by atoms with Gasteiger partial charge >= 0.3 is 0 Å². The molecule has 0 spiro atoms. The van der Waals surface area contributed by atoms with Gasteiger partial charge in [-0.2, -0.15) is 0 Å². The van der Waals surface area contributed by atoms with Gasteiger partial charge in [0.1, 0.15) is 0 Å². The van der Waals surface area contributed by atoms with Gasteiger partial charge in [0, 0.05) is 30.7 Å². The third kappa shape index (κ3) is 3.26. The number of aromatic nitrogens is 1. The van der Waals surface area contributed by atoms with E-state index in [0.29, 0.717) is 29.3 Å². The van der Waals surface area contributed by atoms with E-state index < -0.39 is 0 Å². The van der Waals surface area contributed by atoms with Crippen molar-refractivity contribution in [2.24, 2.45) is 5.92 Å². The predicted octanol–water partition coefficient (Wildman–Crippen LogP) is 2.74. The lowest BCUT2D eigenvalue weighted by molar-refractivity contribution is -0.111. The average Bonchev–Trinajstić information content (AvgIpc) is 3.45. The van der Waals surface area contributed by atoms with E-state index in [0.717, 1.165) is 18.4 Å². The van der Waals surface area contributed by atoms with Crippen molar-refractivity contribution >= 4 is 29.5 Å². The predicted molar refractivity (Wildman–Crippen MR) is 96.4 cm³/mol. The van der Waals surface area contributed by atoms with Gasteiger partial charge in [-0.1, -0.05) is 0 Å². The number of carbonyl (C=O) groups excluding carboxylic acids is 3. The molecule has 6 heteroatoms. The fraction of sp³-hybridized carbons (Fsp3) is 0.200. The van der Waals surface area contributed by atoms with E-state index in [2.05, 4.69) is 10.3 Å². The third-order valence-corrected chi connectivity index (χ3v) is 4.51. The SMILES string of the molecule is O=C(C=Cc1ccncc1)Nc1ccc2c(c1)C(=O)N(CC1CC1)C2=O. The Morgan fingerprint density at radius 3 is 2.58 bits per heavy atom. The Morgan fingerprint density at radius 1 is 1.12 bits per heavy atom. The summed E-state index contributed by atoms with van der Waals surface area (Å²) in [5, 5.41) is 2.72. The molecule has 0 unspecified atom stereocenters. The maximum Gasteiger partial charge on any atom is 0.261 e. The number of imide groups is 1. The number of amides is 3. The number of fused-ring (bicyclic) bond motifs is 1. The zero-order chi connectivity index (χ0) is 18.1. The molecule has 0 atom stereocenters. The molecule has 2 aliphatic rings. The van der Waals surface area contributed by atoms with Crippen molar-refractivity contribution in [2.45, 2.75) is 12.8 Å². The standard InChI is InChI=1S/C20H17N3O3/c24-18(6-3-13-7-9-21-10-8-13)22-15-4-5-16-17(11-15)20(26)23(19(16)25)12-14-1-2-14/h3-11,14H,1-2,12H2,(H,22,24). The van der Waals surface area contributed by atoms with Crippen LogP contribution < -0.4 is 5.32 Å². The first kappa shape index (κ1) is 16.2. The van der Waals surface area contributed by atoms with Crippen LogP contribution >= 0.6 is 0 Å². The molecule has 3 amide bonds. The Labute approximate surface area is 150 Å². The summed E-state index contributed by atoms with van der Waals surface area (Å²) in [5.74, 6) is -0.393. The van der Waals surface area contributed by atoms with Gasteiger partial charge in [-0.05, 0) is 60.7 Å². The molecule has 130 valence electrons. The van der Waals surface area contributed by atoms with E-state index in [1.165, 1.54) is 11.0 Å². The quantitative estimate of drug-likeness (QED) is 0.666. The smallest absolute Gasteiger partial charge is 0.261 e. The van der Waals surface area contributed by atoms with Crippen LogP contribution in [0.4, 0.5) is 5.69 Å². The Balaban J connectivity index is 1.47. The Morgan fingerprint density at radius 2 is 1.85 bits per heavy atom. The molecule has 1 aromatic heterocycles. The molecule has 26 heavy (non-hydrogen) atoms. The highest BCUT2D eigenvalue weighted by molar-refractivity contribution is 6.22. The van der Waals surface area contributed by atoms with Crippen molar-refractivity contribution in [3.05, 3.63) is 65.5 Å². The van der Waals surface area contributed by atoms with E-state index in [9.17, 15) is 14.4 Å². The summed E-state index contributed by atoms with van der Waals surface area (Å²) in [4.78, 5) is 42.2. The minimum atomic E-state index is -0.312. The average molecular weight is 347 g/mol. The maximum absolute atomic E-state index is 12.5. The van der Waals surface area contributed by atoms with Crippen molar-refractivity contribution in [2.75, 3.05) is 11.9 Å².